The van der Waals surface area contributed by atoms with Gasteiger partial charge in [-0.05, 0) is 44.4 Å². The van der Waals surface area contributed by atoms with Crippen LogP contribution in [0.2, 0.25) is 0 Å². The molecule has 1 aliphatic heterocycles. The van der Waals surface area contributed by atoms with Crippen molar-refractivity contribution in [3.8, 4) is 0 Å². The summed E-state index contributed by atoms with van der Waals surface area (Å²) in [5.41, 5.74) is 5.59. The van der Waals surface area contributed by atoms with Crippen molar-refractivity contribution in [2.45, 2.75) is 42.0 Å². The number of benzene rings is 1. The fourth-order valence-corrected chi connectivity index (χ4v) is 5.11. The fraction of sp³-hybridized carbons (Fsp3) is 0.571. The van der Waals surface area contributed by atoms with E-state index in [0.717, 1.165) is 12.8 Å². The highest BCUT2D eigenvalue weighted by atomic mass is 32.2. The highest BCUT2D eigenvalue weighted by Gasteiger charge is 2.28. The lowest BCUT2D eigenvalue weighted by atomic mass is 10.3. The number of nitrogens with one attached hydrogen (secondary N) is 1. The van der Waals surface area contributed by atoms with Crippen molar-refractivity contribution < 1.29 is 16.8 Å². The number of hydrogen-bond acceptors (Lipinski definition) is 5. The van der Waals surface area contributed by atoms with Crippen LogP contribution in [0.1, 0.15) is 26.2 Å². The van der Waals surface area contributed by atoms with Gasteiger partial charge in [-0.25, -0.2) is 21.6 Å². The molecule has 0 aromatic heterocycles. The molecule has 1 unspecified atom stereocenters. The molecule has 0 radical (unpaired) electrons. The third-order valence-electron chi connectivity index (χ3n) is 3.71. The molecular weight excluding hydrogens is 338 g/mol. The summed E-state index contributed by atoms with van der Waals surface area (Å²) in [5.74, 6) is 0. The second-order valence-corrected chi connectivity index (χ2v) is 9.45. The molecule has 0 spiro atoms. The minimum absolute atomic E-state index is 0.00877. The zero-order valence-corrected chi connectivity index (χ0v) is 14.7. The zero-order chi connectivity index (χ0) is 17.1. The van der Waals surface area contributed by atoms with Crippen LogP contribution >= 0.6 is 0 Å². The molecule has 1 heterocycles. The third kappa shape index (κ3) is 4.51. The van der Waals surface area contributed by atoms with E-state index < -0.39 is 20.0 Å². The van der Waals surface area contributed by atoms with Crippen LogP contribution in [-0.2, 0) is 20.0 Å². The van der Waals surface area contributed by atoms with Crippen LogP contribution in [0.15, 0.2) is 34.1 Å². The normalized spacial score (nSPS) is 18.2. The largest absolute Gasteiger partial charge is 0.328 e. The molecule has 7 nitrogen and oxygen atoms in total. The molecule has 1 atom stereocenters. The Labute approximate surface area is 138 Å². The Kier molecular flexibility index (Phi) is 5.79. The van der Waals surface area contributed by atoms with Crippen molar-refractivity contribution in [3.63, 3.8) is 0 Å². The molecule has 0 bridgehead atoms. The van der Waals surface area contributed by atoms with E-state index in [4.69, 9.17) is 5.73 Å². The second kappa shape index (κ2) is 7.27. The molecule has 1 aromatic carbocycles. The van der Waals surface area contributed by atoms with Gasteiger partial charge in [0, 0.05) is 25.7 Å². The predicted molar refractivity (Wildman–Crippen MR) is 87.9 cm³/mol. The standard InChI is InChI=1S/C14H23N3O4S2/c1-12(15)7-8-16-22(18,19)13-5-4-6-14(11-13)23(20,21)17-9-2-3-10-17/h4-6,11-12,16H,2-3,7-10,15H2,1H3. The first-order valence-corrected chi connectivity index (χ1v) is 10.5. The lowest BCUT2D eigenvalue weighted by Gasteiger charge is -2.16. The Hall–Kier alpha value is -1.00. The van der Waals surface area contributed by atoms with Crippen LogP contribution in [0, 0.1) is 0 Å². The summed E-state index contributed by atoms with van der Waals surface area (Å²) in [6, 6.07) is 5.36. The van der Waals surface area contributed by atoms with Gasteiger partial charge in [0.2, 0.25) is 20.0 Å². The van der Waals surface area contributed by atoms with E-state index in [1.807, 2.05) is 0 Å². The second-order valence-electron chi connectivity index (χ2n) is 5.75. The summed E-state index contributed by atoms with van der Waals surface area (Å²) in [6.45, 7) is 2.96. The Bertz CT molecular complexity index is 739. The average molecular weight is 361 g/mol. The van der Waals surface area contributed by atoms with Crippen molar-refractivity contribution in [2.24, 2.45) is 5.73 Å². The molecule has 3 N–H and O–H groups in total. The van der Waals surface area contributed by atoms with E-state index in [-0.39, 0.29) is 22.4 Å². The Balaban J connectivity index is 2.22. The molecule has 130 valence electrons. The molecule has 0 aliphatic carbocycles. The number of sulfonamides is 2. The van der Waals surface area contributed by atoms with E-state index in [2.05, 4.69) is 4.72 Å². The molecule has 1 aliphatic rings. The Morgan fingerprint density at radius 2 is 1.78 bits per heavy atom. The van der Waals surface area contributed by atoms with E-state index >= 15 is 0 Å². The van der Waals surface area contributed by atoms with Gasteiger partial charge in [-0.15, -0.1) is 0 Å². The minimum Gasteiger partial charge on any atom is -0.328 e. The van der Waals surface area contributed by atoms with Crippen molar-refractivity contribution in [2.75, 3.05) is 19.6 Å². The molecule has 1 aromatic rings. The molecular formula is C14H23N3O4S2. The third-order valence-corrected chi connectivity index (χ3v) is 7.06. The van der Waals surface area contributed by atoms with Crippen LogP contribution < -0.4 is 10.5 Å². The summed E-state index contributed by atoms with van der Waals surface area (Å²) in [5, 5.41) is 0. The van der Waals surface area contributed by atoms with Gasteiger partial charge in [-0.3, -0.25) is 0 Å². The first kappa shape index (κ1) is 18.3. The highest BCUT2D eigenvalue weighted by Crippen LogP contribution is 2.22. The van der Waals surface area contributed by atoms with Crippen LogP contribution in [0.5, 0.6) is 0 Å². The van der Waals surface area contributed by atoms with Crippen molar-refractivity contribution in [3.05, 3.63) is 24.3 Å². The van der Waals surface area contributed by atoms with Gasteiger partial charge in [0.05, 0.1) is 9.79 Å². The van der Waals surface area contributed by atoms with E-state index in [1.165, 1.54) is 28.6 Å². The summed E-state index contributed by atoms with van der Waals surface area (Å²) >= 11 is 0. The van der Waals surface area contributed by atoms with Gasteiger partial charge in [-0.1, -0.05) is 6.07 Å². The number of nitrogens with zero attached hydrogens (tertiary/aromatic N) is 1. The monoisotopic (exact) mass is 361 g/mol. The van der Waals surface area contributed by atoms with Crippen molar-refractivity contribution >= 4 is 20.0 Å². The Morgan fingerprint density at radius 3 is 2.39 bits per heavy atom. The fourth-order valence-electron chi connectivity index (χ4n) is 2.38. The number of hydrogen-bond donors (Lipinski definition) is 2. The van der Waals surface area contributed by atoms with Crippen molar-refractivity contribution in [1.29, 1.82) is 0 Å². The van der Waals surface area contributed by atoms with Gasteiger partial charge < -0.3 is 5.73 Å². The van der Waals surface area contributed by atoms with Crippen LogP contribution in [-0.4, -0.2) is 46.8 Å². The first-order valence-electron chi connectivity index (χ1n) is 7.59. The van der Waals surface area contributed by atoms with Gasteiger partial charge in [-0.2, -0.15) is 4.31 Å². The Morgan fingerprint density at radius 1 is 1.17 bits per heavy atom. The summed E-state index contributed by atoms with van der Waals surface area (Å²) in [7, 11) is -7.39. The molecule has 0 amide bonds. The number of rotatable bonds is 7. The zero-order valence-electron chi connectivity index (χ0n) is 13.1. The maximum atomic E-state index is 12.5. The maximum Gasteiger partial charge on any atom is 0.243 e. The van der Waals surface area contributed by atoms with Gasteiger partial charge in [0.1, 0.15) is 0 Å². The molecule has 9 heteroatoms. The van der Waals surface area contributed by atoms with Crippen LogP contribution in [0.3, 0.4) is 0 Å². The summed E-state index contributed by atoms with van der Waals surface area (Å²) in [4.78, 5) is -0.0445. The molecule has 1 saturated heterocycles. The van der Waals surface area contributed by atoms with E-state index in [1.54, 1.807) is 6.92 Å². The minimum atomic E-state index is -3.75. The smallest absolute Gasteiger partial charge is 0.243 e. The predicted octanol–water partition coefficient (Wildman–Crippen LogP) is 0.487. The lowest BCUT2D eigenvalue weighted by Crippen LogP contribution is -2.30. The lowest BCUT2D eigenvalue weighted by molar-refractivity contribution is 0.477. The highest BCUT2D eigenvalue weighted by molar-refractivity contribution is 7.90. The molecule has 1 fully saturated rings. The topological polar surface area (TPSA) is 110 Å². The average Bonchev–Trinajstić information content (AvgIpc) is 3.02. The quantitative estimate of drug-likeness (QED) is 0.734. The van der Waals surface area contributed by atoms with Crippen LogP contribution in [0.25, 0.3) is 0 Å². The molecule has 23 heavy (non-hydrogen) atoms. The van der Waals surface area contributed by atoms with Crippen molar-refractivity contribution in [1.82, 2.24) is 9.03 Å². The maximum absolute atomic E-state index is 12.5. The van der Waals surface area contributed by atoms with Gasteiger partial charge in [0.15, 0.2) is 0 Å². The van der Waals surface area contributed by atoms with Gasteiger partial charge in [0.25, 0.3) is 0 Å². The van der Waals surface area contributed by atoms with Gasteiger partial charge >= 0.3 is 0 Å². The molecule has 2 rings (SSSR count). The first-order chi connectivity index (χ1) is 10.7. The van der Waals surface area contributed by atoms with E-state index in [9.17, 15) is 16.8 Å². The molecule has 0 saturated carbocycles. The summed E-state index contributed by atoms with van der Waals surface area (Å²) in [6.07, 6.45) is 2.16. The summed E-state index contributed by atoms with van der Waals surface area (Å²) < 4.78 is 53.4. The van der Waals surface area contributed by atoms with E-state index in [0.29, 0.717) is 19.5 Å². The number of nitrogens with two attached hydrogens (primary N) is 1. The SMILES string of the molecule is CC(N)CCNS(=O)(=O)c1cccc(S(=O)(=O)N2CCCC2)c1. The van der Waals surface area contributed by atoms with Crippen LogP contribution in [0.4, 0.5) is 0 Å².